The Kier molecular flexibility index (Phi) is 4.70. The van der Waals surface area contributed by atoms with Crippen molar-refractivity contribution in [1.82, 2.24) is 9.91 Å². The lowest BCUT2D eigenvalue weighted by molar-refractivity contribution is -0.137. The molecule has 8 heteroatoms. The Morgan fingerprint density at radius 3 is 2.38 bits per heavy atom. The van der Waals surface area contributed by atoms with E-state index in [1.165, 1.54) is 12.1 Å². The largest absolute Gasteiger partial charge is 0.417 e. The van der Waals surface area contributed by atoms with E-state index in [1.807, 2.05) is 12.1 Å². The van der Waals surface area contributed by atoms with E-state index >= 15 is 0 Å². The predicted molar refractivity (Wildman–Crippen MR) is 80.0 cm³/mol. The summed E-state index contributed by atoms with van der Waals surface area (Å²) in [5.41, 5.74) is 8.10. The second kappa shape index (κ2) is 6.17. The number of nitrogens with one attached hydrogen (secondary N) is 1. The third-order valence-electron chi connectivity index (χ3n) is 3.38. The predicted octanol–water partition coefficient (Wildman–Crippen LogP) is 1.91. The van der Waals surface area contributed by atoms with Gasteiger partial charge in [-0.1, -0.05) is 12.2 Å². The molecule has 0 saturated carbocycles. The number of likely N-dealkylation sites (N-methyl/N-ethyl adjacent to an activating group) is 1. The summed E-state index contributed by atoms with van der Waals surface area (Å²) < 4.78 is 38.7. The molecule has 21 heavy (non-hydrogen) atoms. The Labute approximate surface area is 126 Å². The Morgan fingerprint density at radius 1 is 1.24 bits per heavy atom. The van der Waals surface area contributed by atoms with Crippen LogP contribution in [0.25, 0.3) is 0 Å². The van der Waals surface area contributed by atoms with E-state index < -0.39 is 11.7 Å². The van der Waals surface area contributed by atoms with Gasteiger partial charge in [0.2, 0.25) is 0 Å². The fourth-order valence-electron chi connectivity index (χ4n) is 2.17. The molecule has 116 valence electrons. The summed E-state index contributed by atoms with van der Waals surface area (Å²) in [5.74, 6) is 0. The third kappa shape index (κ3) is 4.05. The molecule has 0 atom stereocenters. The number of thiocarbonyl (C=S) groups is 1. The van der Waals surface area contributed by atoms with Crippen molar-refractivity contribution in [1.29, 1.82) is 0 Å². The van der Waals surface area contributed by atoms with E-state index in [2.05, 4.69) is 10.3 Å². The number of nitrogens with zero attached hydrogens (tertiary/aromatic N) is 2. The number of benzene rings is 1. The van der Waals surface area contributed by atoms with Crippen LogP contribution in [0.15, 0.2) is 18.2 Å². The van der Waals surface area contributed by atoms with Crippen LogP contribution >= 0.6 is 12.2 Å². The molecule has 1 aromatic rings. The number of halogens is 3. The first kappa shape index (κ1) is 16.0. The summed E-state index contributed by atoms with van der Waals surface area (Å²) in [6, 6.07) is 3.75. The van der Waals surface area contributed by atoms with Gasteiger partial charge in [-0.05, 0) is 25.2 Å². The summed E-state index contributed by atoms with van der Waals surface area (Å²) in [5, 5.41) is 1.96. The number of hydrogen-bond donors (Lipinski definition) is 2. The molecule has 1 aliphatic heterocycles. The van der Waals surface area contributed by atoms with Gasteiger partial charge in [0.05, 0.1) is 5.56 Å². The fourth-order valence-corrected chi connectivity index (χ4v) is 2.33. The number of nitrogens with two attached hydrogens (primary N) is 1. The quantitative estimate of drug-likeness (QED) is 0.834. The maximum atomic E-state index is 12.9. The van der Waals surface area contributed by atoms with E-state index in [9.17, 15) is 13.2 Å². The molecule has 0 aromatic heterocycles. The summed E-state index contributed by atoms with van der Waals surface area (Å²) in [7, 11) is 2.03. The second-order valence-corrected chi connectivity index (χ2v) is 5.46. The van der Waals surface area contributed by atoms with E-state index in [4.69, 9.17) is 18.0 Å². The van der Waals surface area contributed by atoms with Gasteiger partial charge in [-0.3, -0.25) is 0 Å². The molecule has 1 heterocycles. The first-order valence-corrected chi connectivity index (χ1v) is 6.89. The minimum Gasteiger partial charge on any atom is -0.389 e. The zero-order valence-electron chi connectivity index (χ0n) is 11.6. The van der Waals surface area contributed by atoms with Crippen LogP contribution in [0.2, 0.25) is 0 Å². The molecule has 0 unspecified atom stereocenters. The highest BCUT2D eigenvalue weighted by Gasteiger charge is 2.34. The number of piperazine rings is 1. The molecule has 0 radical (unpaired) electrons. The lowest BCUT2D eigenvalue weighted by atomic mass is 10.1. The molecule has 0 bridgehead atoms. The highest BCUT2D eigenvalue weighted by molar-refractivity contribution is 7.80. The van der Waals surface area contributed by atoms with E-state index in [1.54, 1.807) is 0 Å². The van der Waals surface area contributed by atoms with Crippen LogP contribution in [0.3, 0.4) is 0 Å². The Morgan fingerprint density at radius 2 is 1.86 bits per heavy atom. The molecule has 0 aliphatic carbocycles. The van der Waals surface area contributed by atoms with Crippen molar-refractivity contribution in [2.24, 2.45) is 5.73 Å². The van der Waals surface area contributed by atoms with Crippen LogP contribution in [0, 0.1) is 0 Å². The number of rotatable bonds is 3. The molecular formula is C13H17F3N4S. The van der Waals surface area contributed by atoms with E-state index in [0.29, 0.717) is 5.69 Å². The van der Waals surface area contributed by atoms with Crippen LogP contribution in [-0.4, -0.2) is 48.1 Å². The van der Waals surface area contributed by atoms with Gasteiger partial charge in [-0.2, -0.15) is 13.2 Å². The minimum absolute atomic E-state index is 0.156. The van der Waals surface area contributed by atoms with Crippen LogP contribution in [0.5, 0.6) is 0 Å². The fraction of sp³-hybridized carbons (Fsp3) is 0.462. The SMILES string of the molecule is CN1CCN(Nc2ccc(C(F)(F)F)c(C(N)=S)c2)CC1. The van der Waals surface area contributed by atoms with Crippen molar-refractivity contribution in [3.63, 3.8) is 0 Å². The van der Waals surface area contributed by atoms with Gasteiger partial charge in [-0.15, -0.1) is 0 Å². The first-order chi connectivity index (χ1) is 9.77. The maximum Gasteiger partial charge on any atom is 0.417 e. The summed E-state index contributed by atoms with van der Waals surface area (Å²) in [6.07, 6.45) is -4.47. The van der Waals surface area contributed by atoms with Gasteiger partial charge < -0.3 is 16.1 Å². The first-order valence-electron chi connectivity index (χ1n) is 6.48. The summed E-state index contributed by atoms with van der Waals surface area (Å²) >= 11 is 4.73. The average molecular weight is 318 g/mol. The highest BCUT2D eigenvalue weighted by atomic mass is 32.1. The lowest BCUT2D eigenvalue weighted by Crippen LogP contribution is -2.46. The van der Waals surface area contributed by atoms with E-state index in [0.717, 1.165) is 32.2 Å². The minimum atomic E-state index is -4.47. The van der Waals surface area contributed by atoms with Crippen molar-refractivity contribution in [2.75, 3.05) is 38.7 Å². The normalized spacial score (nSPS) is 17.7. The van der Waals surface area contributed by atoms with Crippen LogP contribution in [0.1, 0.15) is 11.1 Å². The molecule has 0 amide bonds. The Balaban J connectivity index is 2.18. The summed E-state index contributed by atoms with van der Waals surface area (Å²) in [6.45, 7) is 3.38. The molecule has 3 N–H and O–H groups in total. The topological polar surface area (TPSA) is 44.5 Å². The zero-order valence-corrected chi connectivity index (χ0v) is 12.4. The van der Waals surface area contributed by atoms with Crippen molar-refractivity contribution >= 4 is 22.9 Å². The Bertz CT molecular complexity index is 525. The smallest absolute Gasteiger partial charge is 0.389 e. The third-order valence-corrected chi connectivity index (χ3v) is 3.60. The standard InChI is InChI=1S/C13H17F3N4S/c1-19-4-6-20(7-5-19)18-9-2-3-11(13(14,15)16)10(8-9)12(17)21/h2-3,8,18H,4-7H2,1H3,(H2,17,21). The summed E-state index contributed by atoms with van der Waals surface area (Å²) in [4.78, 5) is 1.93. The Hall–Kier alpha value is -1.38. The number of hydrazine groups is 1. The molecule has 2 rings (SSSR count). The monoisotopic (exact) mass is 318 g/mol. The molecule has 1 fully saturated rings. The van der Waals surface area contributed by atoms with Crippen LogP contribution < -0.4 is 11.2 Å². The number of alkyl halides is 3. The number of anilines is 1. The maximum absolute atomic E-state index is 12.9. The van der Waals surface area contributed by atoms with Crippen LogP contribution in [-0.2, 0) is 6.18 Å². The van der Waals surface area contributed by atoms with Crippen molar-refractivity contribution in [3.05, 3.63) is 29.3 Å². The zero-order chi connectivity index (χ0) is 15.6. The van der Waals surface area contributed by atoms with Crippen molar-refractivity contribution in [3.8, 4) is 0 Å². The van der Waals surface area contributed by atoms with Gasteiger partial charge in [-0.25, -0.2) is 5.01 Å². The van der Waals surface area contributed by atoms with Gasteiger partial charge in [0.1, 0.15) is 4.99 Å². The van der Waals surface area contributed by atoms with Crippen molar-refractivity contribution in [2.45, 2.75) is 6.18 Å². The molecule has 0 spiro atoms. The van der Waals surface area contributed by atoms with Gasteiger partial charge in [0.15, 0.2) is 0 Å². The molecule has 1 aliphatic rings. The van der Waals surface area contributed by atoms with E-state index in [-0.39, 0.29) is 10.6 Å². The highest BCUT2D eigenvalue weighted by Crippen LogP contribution is 2.33. The second-order valence-electron chi connectivity index (χ2n) is 5.02. The number of hydrogen-bond acceptors (Lipinski definition) is 4. The van der Waals surface area contributed by atoms with Crippen LogP contribution in [0.4, 0.5) is 18.9 Å². The molecule has 1 saturated heterocycles. The molecule has 4 nitrogen and oxygen atoms in total. The average Bonchev–Trinajstić information content (AvgIpc) is 2.40. The van der Waals surface area contributed by atoms with Gasteiger partial charge in [0.25, 0.3) is 0 Å². The molecular weight excluding hydrogens is 301 g/mol. The lowest BCUT2D eigenvalue weighted by Gasteiger charge is -2.33. The molecule has 1 aromatic carbocycles. The van der Waals surface area contributed by atoms with Gasteiger partial charge in [0, 0.05) is 37.4 Å². The van der Waals surface area contributed by atoms with Gasteiger partial charge >= 0.3 is 6.18 Å². The van der Waals surface area contributed by atoms with Crippen molar-refractivity contribution < 1.29 is 13.2 Å².